The largest absolute Gasteiger partial charge is 0.309 e. The fourth-order valence-corrected chi connectivity index (χ4v) is 11.4. The topological polar surface area (TPSA) is 38.0 Å². The van der Waals surface area contributed by atoms with Crippen molar-refractivity contribution in [2.75, 3.05) is 0 Å². The number of benzene rings is 12. The van der Waals surface area contributed by atoms with E-state index in [1.165, 1.54) is 76.5 Å². The number of para-hydroxylation sites is 2. The number of hydrogen-bond donors (Lipinski definition) is 0. The van der Waals surface area contributed by atoms with Crippen LogP contribution in [0.15, 0.2) is 206 Å². The monoisotopic (exact) mass is 834 g/mol. The molecule has 2 heterocycles. The first kappa shape index (κ1) is 36.3. The molecule has 66 heavy (non-hydrogen) atoms. The van der Waals surface area contributed by atoms with Gasteiger partial charge in [0.15, 0.2) is 5.69 Å². The Hall–Kier alpha value is -9.22. The van der Waals surface area contributed by atoms with E-state index in [-0.39, 0.29) is 0 Å². The van der Waals surface area contributed by atoms with E-state index in [4.69, 9.17) is 6.57 Å². The summed E-state index contributed by atoms with van der Waals surface area (Å²) >= 11 is 0. The maximum Gasteiger partial charge on any atom is 0.195 e. The van der Waals surface area contributed by atoms with Gasteiger partial charge in [-0.15, -0.1) is 0 Å². The van der Waals surface area contributed by atoms with Gasteiger partial charge in [-0.1, -0.05) is 152 Å². The quantitative estimate of drug-likeness (QED) is 0.126. The minimum Gasteiger partial charge on any atom is -0.309 e. The molecule has 4 nitrogen and oxygen atoms in total. The van der Waals surface area contributed by atoms with Crippen LogP contribution in [0.5, 0.6) is 0 Å². The van der Waals surface area contributed by atoms with Gasteiger partial charge in [-0.3, -0.25) is 0 Å². The Morgan fingerprint density at radius 2 is 0.652 bits per heavy atom. The van der Waals surface area contributed by atoms with Crippen molar-refractivity contribution in [2.45, 2.75) is 0 Å². The van der Waals surface area contributed by atoms with E-state index < -0.39 is 0 Å². The van der Waals surface area contributed by atoms with E-state index in [0.717, 1.165) is 55.0 Å². The highest BCUT2D eigenvalue weighted by atomic mass is 15.0. The number of fused-ring (bicyclic) bond motifs is 2. The summed E-state index contributed by atoms with van der Waals surface area (Å²) in [5, 5.41) is 23.9. The third-order valence-corrected chi connectivity index (χ3v) is 14.2. The third-order valence-electron chi connectivity index (χ3n) is 14.2. The molecule has 0 aliphatic carbocycles. The average molecular weight is 835 g/mol. The van der Waals surface area contributed by atoms with Crippen LogP contribution < -0.4 is 0 Å². The maximum absolute atomic E-state index is 10.2. The van der Waals surface area contributed by atoms with Crippen LogP contribution in [-0.2, 0) is 0 Å². The van der Waals surface area contributed by atoms with Gasteiger partial charge >= 0.3 is 0 Å². The molecule has 0 amide bonds. The maximum atomic E-state index is 10.2. The van der Waals surface area contributed by atoms with Crippen LogP contribution in [0, 0.1) is 17.9 Å². The van der Waals surface area contributed by atoms with Gasteiger partial charge in [-0.05, 0) is 126 Å². The van der Waals surface area contributed by atoms with Crippen LogP contribution in [0.2, 0.25) is 0 Å². The first-order valence-corrected chi connectivity index (χ1v) is 22.3. The molecule has 0 radical (unpaired) electrons. The normalized spacial score (nSPS) is 11.9. The lowest BCUT2D eigenvalue weighted by Gasteiger charge is -2.17. The molecule has 12 aromatic carbocycles. The van der Waals surface area contributed by atoms with E-state index in [1.807, 2.05) is 18.2 Å². The van der Waals surface area contributed by atoms with Gasteiger partial charge in [-0.2, -0.15) is 5.26 Å². The predicted octanol–water partition coefficient (Wildman–Crippen LogP) is 16.8. The zero-order valence-electron chi connectivity index (χ0n) is 35.4. The Bertz CT molecular complexity index is 4120. The van der Waals surface area contributed by atoms with E-state index in [0.29, 0.717) is 11.3 Å². The summed E-state index contributed by atoms with van der Waals surface area (Å²) in [6.07, 6.45) is 0. The Kier molecular flexibility index (Phi) is 7.50. The van der Waals surface area contributed by atoms with Crippen molar-refractivity contribution in [3.05, 3.63) is 223 Å². The Morgan fingerprint density at radius 1 is 0.318 bits per heavy atom. The van der Waals surface area contributed by atoms with Crippen molar-refractivity contribution in [1.29, 1.82) is 5.26 Å². The molecule has 0 unspecified atom stereocenters. The van der Waals surface area contributed by atoms with Crippen molar-refractivity contribution in [1.82, 2.24) is 9.13 Å². The molecule has 0 atom stereocenters. The minimum absolute atomic E-state index is 0.672. The number of rotatable bonds is 5. The molecule has 0 aliphatic rings. The summed E-state index contributed by atoms with van der Waals surface area (Å²) in [6.45, 7) is 8.02. The summed E-state index contributed by atoms with van der Waals surface area (Å²) in [7, 11) is 0. The van der Waals surface area contributed by atoms with Crippen LogP contribution >= 0.6 is 0 Å². The molecule has 14 rings (SSSR count). The number of nitriles is 1. The Labute approximate surface area is 379 Å². The first-order valence-electron chi connectivity index (χ1n) is 22.3. The zero-order chi connectivity index (χ0) is 43.6. The number of nitrogens with zero attached hydrogens (tertiary/aromatic N) is 4. The second-order valence-corrected chi connectivity index (χ2v) is 17.3. The smallest absolute Gasteiger partial charge is 0.195 e. The lowest BCUT2D eigenvalue weighted by Crippen LogP contribution is -1.93. The molecule has 14 aromatic rings. The molecule has 0 saturated carbocycles. The third kappa shape index (κ3) is 4.85. The van der Waals surface area contributed by atoms with Crippen molar-refractivity contribution in [3.63, 3.8) is 0 Å². The molecule has 0 N–H and O–H groups in total. The molecule has 0 aliphatic heterocycles. The average Bonchev–Trinajstić information content (AvgIpc) is 3.91. The summed E-state index contributed by atoms with van der Waals surface area (Å²) in [5.41, 5.74) is 15.1. The van der Waals surface area contributed by atoms with Crippen LogP contribution in [0.3, 0.4) is 0 Å². The molecule has 0 bridgehead atoms. The van der Waals surface area contributed by atoms with E-state index in [1.54, 1.807) is 0 Å². The molecular formula is C62H34N4. The summed E-state index contributed by atoms with van der Waals surface area (Å²) < 4.78 is 4.67. The van der Waals surface area contributed by atoms with Crippen molar-refractivity contribution >= 4 is 92.4 Å². The molecule has 4 heteroatoms. The van der Waals surface area contributed by atoms with Crippen molar-refractivity contribution in [2.24, 2.45) is 0 Å². The standard InChI is InChI=1S/C62H34N4/c1-64-54-31-35-58-62-53(54)28-27-52-50(30-34-57(61(52)62)66(58)39-14-6-3-7-15-39)48-25-23-46(42-17-9-11-19-44(42)48)45-22-24-47(43-18-10-8-16-41(43)45)49-29-33-56-60-51(49)26-21-40-37(36-63)20-32-55(59(40)60)65(56)38-12-4-2-5-13-38/h2-35H. The van der Waals surface area contributed by atoms with Gasteiger partial charge in [0, 0.05) is 38.3 Å². The van der Waals surface area contributed by atoms with Crippen molar-refractivity contribution in [3.8, 4) is 50.8 Å². The molecule has 0 spiro atoms. The number of hydrogen-bond acceptors (Lipinski definition) is 1. The zero-order valence-corrected chi connectivity index (χ0v) is 35.4. The highest BCUT2D eigenvalue weighted by molar-refractivity contribution is 6.30. The SMILES string of the molecule is [C-]#[N+]c1ccc2c3c1ccc1c(-c4ccc(-c5ccc(-c6ccc7c8c6ccc6c(C#N)ccc(c68)n7-c6ccccc6)c6ccccc56)c5ccccc45)ccc(c13)n2-c1ccccc1. The summed E-state index contributed by atoms with van der Waals surface area (Å²) in [4.78, 5) is 3.94. The van der Waals surface area contributed by atoms with Gasteiger partial charge in [0.25, 0.3) is 0 Å². The highest BCUT2D eigenvalue weighted by Crippen LogP contribution is 2.49. The fraction of sp³-hybridized carbons (Fsp3) is 0. The molecule has 302 valence electrons. The fourth-order valence-electron chi connectivity index (χ4n) is 11.4. The lowest BCUT2D eigenvalue weighted by atomic mass is 9.86. The molecular weight excluding hydrogens is 801 g/mol. The molecule has 0 saturated heterocycles. The van der Waals surface area contributed by atoms with Crippen molar-refractivity contribution < 1.29 is 0 Å². The number of aromatic nitrogens is 2. The predicted molar refractivity (Wildman–Crippen MR) is 275 cm³/mol. The Balaban J connectivity index is 0.963. The Morgan fingerprint density at radius 3 is 1.09 bits per heavy atom. The van der Waals surface area contributed by atoms with E-state index in [9.17, 15) is 5.26 Å². The second kappa shape index (κ2) is 13.6. The minimum atomic E-state index is 0.672. The van der Waals surface area contributed by atoms with E-state index >= 15 is 0 Å². The van der Waals surface area contributed by atoms with Crippen LogP contribution in [0.4, 0.5) is 5.69 Å². The van der Waals surface area contributed by atoms with Crippen LogP contribution in [-0.4, -0.2) is 9.13 Å². The van der Waals surface area contributed by atoms with Gasteiger partial charge in [0.05, 0.1) is 40.3 Å². The van der Waals surface area contributed by atoms with Gasteiger partial charge in [0.1, 0.15) is 0 Å². The highest BCUT2D eigenvalue weighted by Gasteiger charge is 2.24. The van der Waals surface area contributed by atoms with E-state index in [2.05, 4.69) is 208 Å². The van der Waals surface area contributed by atoms with Crippen LogP contribution in [0.1, 0.15) is 5.56 Å². The first-order chi connectivity index (χ1) is 32.7. The van der Waals surface area contributed by atoms with Gasteiger partial charge in [-0.25, -0.2) is 4.85 Å². The molecule has 0 fully saturated rings. The van der Waals surface area contributed by atoms with Gasteiger partial charge < -0.3 is 9.13 Å². The van der Waals surface area contributed by atoms with Crippen LogP contribution in [0.25, 0.3) is 136 Å². The molecule has 2 aromatic heterocycles. The second-order valence-electron chi connectivity index (χ2n) is 17.3. The van der Waals surface area contributed by atoms with Gasteiger partial charge in [0.2, 0.25) is 0 Å². The summed E-state index contributed by atoms with van der Waals surface area (Å²) in [5.74, 6) is 0. The lowest BCUT2D eigenvalue weighted by molar-refractivity contribution is 1.18. The summed E-state index contributed by atoms with van der Waals surface area (Å²) in [6, 6.07) is 76.3.